The molecule has 25 heavy (non-hydrogen) atoms. The van der Waals surface area contributed by atoms with Gasteiger partial charge in [-0.05, 0) is 19.1 Å². The monoisotopic (exact) mass is 400 g/mol. The molecule has 0 spiro atoms. The zero-order valence-electron chi connectivity index (χ0n) is 15.2. The molecule has 142 valence electrons. The first-order chi connectivity index (χ1) is 10.3. The van der Waals surface area contributed by atoms with Crippen LogP contribution >= 0.6 is 0 Å². The summed E-state index contributed by atoms with van der Waals surface area (Å²) in [5.74, 6) is 0. The zero-order valence-corrected chi connectivity index (χ0v) is 17.1. The smallest absolute Gasteiger partial charge is 0.358 e. The van der Waals surface area contributed by atoms with E-state index >= 15 is 0 Å². The summed E-state index contributed by atoms with van der Waals surface area (Å²) < 4.78 is 11.9. The van der Waals surface area contributed by atoms with Crippen LogP contribution in [-0.4, -0.2) is 4.21 Å². The van der Waals surface area contributed by atoms with Gasteiger partial charge in [0, 0.05) is 4.90 Å². The molecule has 0 radical (unpaired) electrons. The maximum absolute atomic E-state index is 11.9. The average Bonchev–Trinajstić information content (AvgIpc) is 3.25. The van der Waals surface area contributed by atoms with E-state index in [0.717, 1.165) is 9.79 Å². The van der Waals surface area contributed by atoms with E-state index in [1.807, 2.05) is 99.6 Å². The average molecular weight is 400 g/mol. The van der Waals surface area contributed by atoms with Gasteiger partial charge in [0.05, 0.1) is 10.8 Å². The molecule has 3 aromatic carbocycles. The second kappa shape index (κ2) is 18.9. The van der Waals surface area contributed by atoms with Crippen molar-refractivity contribution in [3.8, 4) is 0 Å². The van der Waals surface area contributed by atoms with Crippen LogP contribution in [0.5, 0.6) is 0 Å². The quantitative estimate of drug-likeness (QED) is 0.340. The SMILES string of the molecule is C.CC.Cc1ccc([S@](=O)c2ccc[cH-]2)cc1.[CH3-].[CH3-].[Fe+2].c1cc[cH-]c1. The van der Waals surface area contributed by atoms with Crippen molar-refractivity contribution in [3.63, 3.8) is 0 Å². The molecule has 0 N–H and O–H groups in total. The Kier molecular flexibility index (Phi) is 23.7. The molecule has 0 heterocycles. The van der Waals surface area contributed by atoms with Gasteiger partial charge in [-0.3, -0.25) is 4.21 Å². The molecule has 3 aromatic rings. The first-order valence-corrected chi connectivity index (χ1v) is 8.29. The van der Waals surface area contributed by atoms with E-state index in [0.29, 0.717) is 0 Å². The van der Waals surface area contributed by atoms with Crippen LogP contribution in [0.1, 0.15) is 26.8 Å². The molecule has 1 nitrogen and oxygen atoms in total. The fourth-order valence-corrected chi connectivity index (χ4v) is 2.66. The summed E-state index contributed by atoms with van der Waals surface area (Å²) in [6, 6.07) is 25.4. The van der Waals surface area contributed by atoms with Gasteiger partial charge in [0.2, 0.25) is 0 Å². The predicted molar refractivity (Wildman–Crippen MR) is 111 cm³/mol. The Balaban J connectivity index is -0.000000174. The molecular weight excluding hydrogens is 368 g/mol. The van der Waals surface area contributed by atoms with Crippen molar-refractivity contribution < 1.29 is 21.3 Å². The Labute approximate surface area is 169 Å². The summed E-state index contributed by atoms with van der Waals surface area (Å²) in [5, 5.41) is 0. The Bertz CT molecular complexity index is 579. The molecule has 0 aliphatic rings. The standard InChI is InChI=1S/C12H11OS.C5H5.C2H6.CH4.2CH3.Fe/c1-10-6-8-12(9-7-10)14(13)11-4-2-3-5-11;1-2-4-5-3-1;1-2;;;;/h2-9H,1H3;1-5H;1-2H3;1H4;2*1H3;/q2*-1;;;2*-1;+2/t14-;;;;;;/m1....../s1. The molecule has 0 saturated heterocycles. The molecule has 0 saturated carbocycles. The molecular formula is C22H32FeOS-2. The van der Waals surface area contributed by atoms with Crippen LogP contribution in [0.15, 0.2) is 88.7 Å². The molecule has 0 aliphatic heterocycles. The molecule has 1 atom stereocenters. The van der Waals surface area contributed by atoms with Gasteiger partial charge in [-0.15, -0.1) is 0 Å². The molecule has 0 amide bonds. The van der Waals surface area contributed by atoms with E-state index in [2.05, 4.69) is 0 Å². The second-order valence-electron chi connectivity index (χ2n) is 4.16. The third kappa shape index (κ3) is 11.7. The van der Waals surface area contributed by atoms with Crippen LogP contribution in [0, 0.1) is 21.8 Å². The maximum atomic E-state index is 11.9. The minimum absolute atomic E-state index is 0. The molecule has 0 aliphatic carbocycles. The van der Waals surface area contributed by atoms with E-state index in [1.165, 1.54) is 5.56 Å². The van der Waals surface area contributed by atoms with Crippen molar-refractivity contribution in [3.05, 3.63) is 99.3 Å². The van der Waals surface area contributed by atoms with Crippen LogP contribution in [-0.2, 0) is 27.9 Å². The molecule has 0 aromatic heterocycles. The third-order valence-corrected chi connectivity index (χ3v) is 4.04. The largest absolute Gasteiger partial charge is 2.00 e. The molecule has 3 rings (SSSR count). The minimum Gasteiger partial charge on any atom is -0.358 e. The van der Waals surface area contributed by atoms with Gasteiger partial charge in [-0.2, -0.15) is 36.4 Å². The zero-order chi connectivity index (χ0) is 15.5. The number of aryl methyl sites for hydroxylation is 1. The van der Waals surface area contributed by atoms with Crippen molar-refractivity contribution in [1.82, 2.24) is 0 Å². The van der Waals surface area contributed by atoms with Crippen LogP contribution in [0.4, 0.5) is 0 Å². The number of rotatable bonds is 2. The van der Waals surface area contributed by atoms with Gasteiger partial charge in [-0.1, -0.05) is 43.9 Å². The van der Waals surface area contributed by atoms with Gasteiger partial charge in [0.1, 0.15) is 0 Å². The Morgan fingerprint density at radius 1 is 0.840 bits per heavy atom. The van der Waals surface area contributed by atoms with E-state index in [-0.39, 0.29) is 39.3 Å². The van der Waals surface area contributed by atoms with Crippen molar-refractivity contribution in [1.29, 1.82) is 0 Å². The van der Waals surface area contributed by atoms with E-state index in [1.54, 1.807) is 0 Å². The van der Waals surface area contributed by atoms with E-state index in [9.17, 15) is 4.21 Å². The summed E-state index contributed by atoms with van der Waals surface area (Å²) in [4.78, 5) is 1.73. The Hall–Kier alpha value is -1.41. The molecule has 0 bridgehead atoms. The minimum atomic E-state index is -1.02. The summed E-state index contributed by atoms with van der Waals surface area (Å²) in [6.07, 6.45) is 0. The first-order valence-electron chi connectivity index (χ1n) is 7.14. The van der Waals surface area contributed by atoms with Gasteiger partial charge in [0.15, 0.2) is 0 Å². The maximum Gasteiger partial charge on any atom is 2.00 e. The van der Waals surface area contributed by atoms with Crippen LogP contribution in [0.25, 0.3) is 0 Å². The van der Waals surface area contributed by atoms with Crippen molar-refractivity contribution in [2.75, 3.05) is 0 Å². The normalized spacial score (nSPS) is 8.92. The first kappa shape index (κ1) is 31.4. The number of hydrogen-bond acceptors (Lipinski definition) is 1. The Morgan fingerprint density at radius 3 is 1.72 bits per heavy atom. The summed E-state index contributed by atoms with van der Waals surface area (Å²) in [6.45, 7) is 6.02. The summed E-state index contributed by atoms with van der Waals surface area (Å²) >= 11 is 0. The van der Waals surface area contributed by atoms with Crippen LogP contribution < -0.4 is 0 Å². The van der Waals surface area contributed by atoms with E-state index in [4.69, 9.17) is 0 Å². The van der Waals surface area contributed by atoms with Crippen LogP contribution in [0.2, 0.25) is 0 Å². The summed E-state index contributed by atoms with van der Waals surface area (Å²) in [7, 11) is -1.02. The molecule has 0 fully saturated rings. The van der Waals surface area contributed by atoms with Crippen molar-refractivity contribution in [2.24, 2.45) is 0 Å². The molecule has 0 unspecified atom stereocenters. The van der Waals surface area contributed by atoms with Crippen LogP contribution in [0.3, 0.4) is 0 Å². The van der Waals surface area contributed by atoms with Gasteiger partial charge in [0.25, 0.3) is 0 Å². The fraction of sp³-hybridized carbons (Fsp3) is 0.182. The van der Waals surface area contributed by atoms with Gasteiger partial charge < -0.3 is 14.9 Å². The summed E-state index contributed by atoms with van der Waals surface area (Å²) in [5.41, 5.74) is 1.19. The number of benzene rings is 1. The van der Waals surface area contributed by atoms with Gasteiger partial charge in [-0.25, -0.2) is 18.2 Å². The van der Waals surface area contributed by atoms with E-state index < -0.39 is 10.8 Å². The van der Waals surface area contributed by atoms with Crippen molar-refractivity contribution in [2.45, 2.75) is 38.0 Å². The topological polar surface area (TPSA) is 17.1 Å². The number of hydrogen-bond donors (Lipinski definition) is 0. The van der Waals surface area contributed by atoms with Crippen molar-refractivity contribution >= 4 is 10.8 Å². The van der Waals surface area contributed by atoms with Gasteiger partial charge >= 0.3 is 17.1 Å². The Morgan fingerprint density at radius 2 is 1.36 bits per heavy atom. The fourth-order valence-electron chi connectivity index (χ4n) is 1.60. The second-order valence-corrected chi connectivity index (χ2v) is 5.64. The predicted octanol–water partition coefficient (Wildman–Crippen LogP) is 6.85. The third-order valence-electron chi connectivity index (χ3n) is 2.64. The molecule has 3 heteroatoms.